The van der Waals surface area contributed by atoms with E-state index >= 15 is 0 Å². The Morgan fingerprint density at radius 2 is 1.79 bits per heavy atom. The Hall–Kier alpha value is -0.220. The van der Waals surface area contributed by atoms with Crippen molar-refractivity contribution in [1.82, 2.24) is 9.03 Å². The van der Waals surface area contributed by atoms with Gasteiger partial charge in [0.1, 0.15) is 0 Å². The highest BCUT2D eigenvalue weighted by molar-refractivity contribution is 7.89. The highest BCUT2D eigenvalue weighted by Gasteiger charge is 2.34. The van der Waals surface area contributed by atoms with Crippen molar-refractivity contribution in [2.75, 3.05) is 25.4 Å². The third-order valence-electron chi connectivity index (χ3n) is 3.59. The number of piperidine rings is 1. The van der Waals surface area contributed by atoms with Gasteiger partial charge in [-0.1, -0.05) is 0 Å². The van der Waals surface area contributed by atoms with Crippen LogP contribution in [0.4, 0.5) is 0 Å². The van der Waals surface area contributed by atoms with E-state index in [2.05, 4.69) is 4.72 Å². The summed E-state index contributed by atoms with van der Waals surface area (Å²) in [6.07, 6.45) is 3.59. The summed E-state index contributed by atoms with van der Waals surface area (Å²) in [5.74, 6) is 0.566. The molecule has 0 radical (unpaired) electrons. The van der Waals surface area contributed by atoms with E-state index in [-0.39, 0.29) is 18.2 Å². The van der Waals surface area contributed by atoms with E-state index < -0.39 is 20.2 Å². The van der Waals surface area contributed by atoms with Crippen LogP contribution in [0.5, 0.6) is 0 Å². The van der Waals surface area contributed by atoms with Gasteiger partial charge < -0.3 is 0 Å². The zero-order valence-corrected chi connectivity index (χ0v) is 12.4. The minimum atomic E-state index is -3.70. The van der Waals surface area contributed by atoms with E-state index in [4.69, 9.17) is 5.14 Å². The summed E-state index contributed by atoms with van der Waals surface area (Å²) in [6.45, 7) is 1.13. The first-order chi connectivity index (χ1) is 8.76. The van der Waals surface area contributed by atoms with Crippen molar-refractivity contribution in [3.8, 4) is 0 Å². The van der Waals surface area contributed by atoms with Crippen LogP contribution in [-0.2, 0) is 20.2 Å². The molecule has 2 fully saturated rings. The van der Waals surface area contributed by atoms with Crippen LogP contribution in [0.15, 0.2) is 0 Å². The Morgan fingerprint density at radius 3 is 2.37 bits per heavy atom. The molecule has 0 aromatic rings. The molecule has 1 heterocycles. The van der Waals surface area contributed by atoms with Crippen molar-refractivity contribution in [3.05, 3.63) is 0 Å². The normalized spacial score (nSPS) is 26.5. The molecular weight excluding hydrogens is 290 g/mol. The fourth-order valence-corrected chi connectivity index (χ4v) is 4.82. The molecule has 112 valence electrons. The monoisotopic (exact) mass is 311 g/mol. The molecule has 2 rings (SSSR count). The van der Waals surface area contributed by atoms with Crippen molar-refractivity contribution in [3.63, 3.8) is 0 Å². The van der Waals surface area contributed by atoms with Gasteiger partial charge in [-0.05, 0) is 37.5 Å². The van der Waals surface area contributed by atoms with Crippen LogP contribution in [0, 0.1) is 11.8 Å². The van der Waals surface area contributed by atoms with E-state index in [1.807, 2.05) is 0 Å². The minimum Gasteiger partial charge on any atom is -0.216 e. The van der Waals surface area contributed by atoms with E-state index in [9.17, 15) is 16.8 Å². The lowest BCUT2D eigenvalue weighted by atomic mass is 10.0. The Labute approximate surface area is 114 Å². The summed E-state index contributed by atoms with van der Waals surface area (Å²) in [5, 5.41) is 4.88. The summed E-state index contributed by atoms with van der Waals surface area (Å²) in [6, 6.07) is 0. The molecule has 3 N–H and O–H groups in total. The van der Waals surface area contributed by atoms with Gasteiger partial charge in [-0.3, -0.25) is 0 Å². The molecule has 1 aliphatic carbocycles. The molecule has 0 bridgehead atoms. The van der Waals surface area contributed by atoms with Gasteiger partial charge in [0.15, 0.2) is 0 Å². The Balaban J connectivity index is 1.89. The average molecular weight is 311 g/mol. The van der Waals surface area contributed by atoms with Crippen molar-refractivity contribution >= 4 is 20.2 Å². The van der Waals surface area contributed by atoms with Crippen LogP contribution in [0.3, 0.4) is 0 Å². The second-order valence-corrected chi connectivity index (χ2v) is 8.87. The van der Waals surface area contributed by atoms with E-state index in [0.717, 1.165) is 25.7 Å². The maximum atomic E-state index is 12.1. The maximum Gasteiger partial charge on any atom is 0.274 e. The Morgan fingerprint density at radius 1 is 1.11 bits per heavy atom. The first kappa shape index (κ1) is 15.2. The molecule has 0 aromatic heterocycles. The maximum absolute atomic E-state index is 12.1. The second kappa shape index (κ2) is 5.65. The highest BCUT2D eigenvalue weighted by atomic mass is 32.2. The van der Waals surface area contributed by atoms with Crippen LogP contribution in [0.2, 0.25) is 0 Å². The van der Waals surface area contributed by atoms with Gasteiger partial charge in [-0.2, -0.15) is 8.42 Å². The molecule has 2 aliphatic rings. The van der Waals surface area contributed by atoms with Crippen LogP contribution < -0.4 is 9.86 Å². The standard InChI is InChI=1S/C10H21N3O4S2/c11-19(16,17)12-6-10-2-1-5-13(7-10)18(14,15)8-9-3-4-9/h9-10,12H,1-8H2,(H2,11,16,17). The largest absolute Gasteiger partial charge is 0.274 e. The highest BCUT2D eigenvalue weighted by Crippen LogP contribution is 2.32. The van der Waals surface area contributed by atoms with Gasteiger partial charge in [0.2, 0.25) is 10.0 Å². The average Bonchev–Trinajstić information content (AvgIpc) is 3.09. The molecule has 1 saturated carbocycles. The van der Waals surface area contributed by atoms with Gasteiger partial charge in [0.25, 0.3) is 10.2 Å². The zero-order chi connectivity index (χ0) is 14.1. The lowest BCUT2D eigenvalue weighted by Gasteiger charge is -2.31. The van der Waals surface area contributed by atoms with E-state index in [1.165, 1.54) is 4.31 Å². The summed E-state index contributed by atoms with van der Waals surface area (Å²) in [7, 11) is -6.89. The molecule has 19 heavy (non-hydrogen) atoms. The number of nitrogens with two attached hydrogens (primary N) is 1. The first-order valence-electron chi connectivity index (χ1n) is 6.51. The number of nitrogens with zero attached hydrogens (tertiary/aromatic N) is 1. The summed E-state index contributed by atoms with van der Waals surface area (Å²) in [4.78, 5) is 0. The van der Waals surface area contributed by atoms with Crippen molar-refractivity contribution in [1.29, 1.82) is 0 Å². The van der Waals surface area contributed by atoms with E-state index in [0.29, 0.717) is 19.0 Å². The molecule has 0 aromatic carbocycles. The third-order valence-corrected chi connectivity index (χ3v) is 6.17. The molecule has 1 saturated heterocycles. The predicted molar refractivity (Wildman–Crippen MR) is 71.9 cm³/mol. The van der Waals surface area contributed by atoms with Crippen molar-refractivity contribution < 1.29 is 16.8 Å². The van der Waals surface area contributed by atoms with Crippen molar-refractivity contribution in [2.45, 2.75) is 25.7 Å². The lowest BCUT2D eigenvalue weighted by Crippen LogP contribution is -2.45. The second-order valence-electron chi connectivity index (χ2n) is 5.48. The topological polar surface area (TPSA) is 110 Å². The first-order valence-corrected chi connectivity index (χ1v) is 9.67. The molecule has 1 unspecified atom stereocenters. The van der Waals surface area contributed by atoms with Crippen LogP contribution >= 0.6 is 0 Å². The minimum absolute atomic E-state index is 0.000975. The van der Waals surface area contributed by atoms with Gasteiger partial charge in [-0.25, -0.2) is 22.6 Å². The smallest absolute Gasteiger partial charge is 0.216 e. The zero-order valence-electron chi connectivity index (χ0n) is 10.8. The molecule has 0 spiro atoms. The quantitative estimate of drug-likeness (QED) is 0.671. The molecule has 1 atom stereocenters. The van der Waals surface area contributed by atoms with Gasteiger partial charge in [-0.15, -0.1) is 0 Å². The summed E-state index contributed by atoms with van der Waals surface area (Å²) >= 11 is 0. The number of rotatable bonds is 6. The molecule has 7 nitrogen and oxygen atoms in total. The fraction of sp³-hybridized carbons (Fsp3) is 1.00. The summed E-state index contributed by atoms with van der Waals surface area (Å²) < 4.78 is 49.7. The molecule has 9 heteroatoms. The van der Waals surface area contributed by atoms with Gasteiger partial charge in [0, 0.05) is 19.6 Å². The Kier molecular flexibility index (Phi) is 4.51. The number of hydrogen-bond donors (Lipinski definition) is 2. The molecule has 1 aliphatic heterocycles. The third kappa shape index (κ3) is 4.99. The van der Waals surface area contributed by atoms with Crippen LogP contribution in [0.1, 0.15) is 25.7 Å². The summed E-state index contributed by atoms with van der Waals surface area (Å²) in [5.41, 5.74) is 0. The SMILES string of the molecule is NS(=O)(=O)NCC1CCCN(S(=O)(=O)CC2CC2)C1. The number of hydrogen-bond acceptors (Lipinski definition) is 4. The van der Waals surface area contributed by atoms with Gasteiger partial charge in [0.05, 0.1) is 5.75 Å². The number of nitrogens with one attached hydrogen (secondary N) is 1. The van der Waals surface area contributed by atoms with E-state index in [1.54, 1.807) is 0 Å². The fourth-order valence-electron chi connectivity index (χ4n) is 2.37. The predicted octanol–water partition coefficient (Wildman–Crippen LogP) is -0.769. The van der Waals surface area contributed by atoms with Crippen molar-refractivity contribution in [2.24, 2.45) is 17.0 Å². The molecule has 0 amide bonds. The van der Waals surface area contributed by atoms with Gasteiger partial charge >= 0.3 is 0 Å². The number of sulfonamides is 1. The van der Waals surface area contributed by atoms with Crippen LogP contribution in [-0.4, -0.2) is 46.5 Å². The van der Waals surface area contributed by atoms with Crippen LogP contribution in [0.25, 0.3) is 0 Å². The molecular formula is C10H21N3O4S2. The lowest BCUT2D eigenvalue weighted by molar-refractivity contribution is 0.267. The Bertz CT molecular complexity index is 513.